The van der Waals surface area contributed by atoms with Crippen molar-refractivity contribution in [3.63, 3.8) is 0 Å². The van der Waals surface area contributed by atoms with Crippen LogP contribution in [-0.4, -0.2) is 57.3 Å². The number of hydrogen-bond donors (Lipinski definition) is 2. The van der Waals surface area contributed by atoms with E-state index >= 15 is 0 Å². The summed E-state index contributed by atoms with van der Waals surface area (Å²) in [5.74, 6) is 0.285. The van der Waals surface area contributed by atoms with Gasteiger partial charge in [0.05, 0.1) is 44.6 Å². The standard InChI is InChI=1S/C29H31NO9/c1-16-9-7-8-10-19(16)39-28(33)17-11-12-20-24(38-15-37-20)22(17)23-18(27(32)30-29(2,3)14-31)13-21(34-4)25(35-5)26(23)36-6/h7-13,31H,14-15H2,1-6H3,(H,30,32). The van der Waals surface area contributed by atoms with E-state index in [-0.39, 0.29) is 58.7 Å². The van der Waals surface area contributed by atoms with Gasteiger partial charge < -0.3 is 38.8 Å². The largest absolute Gasteiger partial charge is 0.493 e. The van der Waals surface area contributed by atoms with Gasteiger partial charge in [0, 0.05) is 11.1 Å². The number of rotatable bonds is 9. The summed E-state index contributed by atoms with van der Waals surface area (Å²) in [6, 6.07) is 11.7. The molecule has 4 rings (SSSR count). The highest BCUT2D eigenvalue weighted by Gasteiger charge is 2.35. The smallest absolute Gasteiger partial charge is 0.344 e. The highest BCUT2D eigenvalue weighted by Crippen LogP contribution is 2.53. The summed E-state index contributed by atoms with van der Waals surface area (Å²) < 4.78 is 34.0. The van der Waals surface area contributed by atoms with Crippen molar-refractivity contribution >= 4 is 11.9 Å². The Morgan fingerprint density at radius 1 is 0.923 bits per heavy atom. The molecule has 1 heterocycles. The van der Waals surface area contributed by atoms with E-state index in [1.54, 1.807) is 38.1 Å². The van der Waals surface area contributed by atoms with Gasteiger partial charge in [-0.3, -0.25) is 4.79 Å². The summed E-state index contributed by atoms with van der Waals surface area (Å²) in [4.78, 5) is 27.3. The van der Waals surface area contributed by atoms with E-state index in [2.05, 4.69) is 5.32 Å². The predicted octanol–water partition coefficient (Wildman–Crippen LogP) is 4.14. The Balaban J connectivity index is 2.02. The van der Waals surface area contributed by atoms with Crippen molar-refractivity contribution < 1.29 is 43.1 Å². The lowest BCUT2D eigenvalue weighted by atomic mass is 9.91. The molecule has 0 radical (unpaired) electrons. The normalized spacial score (nSPS) is 12.1. The number of benzene rings is 3. The maximum atomic E-state index is 13.7. The van der Waals surface area contributed by atoms with Crippen LogP contribution in [0.2, 0.25) is 0 Å². The molecule has 0 saturated carbocycles. The van der Waals surface area contributed by atoms with E-state index < -0.39 is 17.4 Å². The average molecular weight is 538 g/mol. The fraction of sp³-hybridized carbons (Fsp3) is 0.310. The number of amides is 1. The number of aryl methyl sites for hydroxylation is 1. The Bertz CT molecular complexity index is 1410. The van der Waals surface area contributed by atoms with Crippen LogP contribution in [0.1, 0.15) is 40.1 Å². The summed E-state index contributed by atoms with van der Waals surface area (Å²) in [5.41, 5.74) is 0.403. The van der Waals surface area contributed by atoms with Crippen LogP contribution in [-0.2, 0) is 0 Å². The number of carbonyl (C=O) groups excluding carboxylic acids is 2. The monoisotopic (exact) mass is 537 g/mol. The third-order valence-corrected chi connectivity index (χ3v) is 6.23. The molecule has 206 valence electrons. The highest BCUT2D eigenvalue weighted by atomic mass is 16.7. The van der Waals surface area contributed by atoms with Gasteiger partial charge >= 0.3 is 5.97 Å². The summed E-state index contributed by atoms with van der Waals surface area (Å²) in [6.45, 7) is 4.76. The number of nitrogens with one attached hydrogen (secondary N) is 1. The third kappa shape index (κ3) is 5.28. The van der Waals surface area contributed by atoms with Crippen molar-refractivity contribution in [3.8, 4) is 45.6 Å². The molecule has 0 atom stereocenters. The predicted molar refractivity (Wildman–Crippen MR) is 142 cm³/mol. The Morgan fingerprint density at radius 2 is 1.64 bits per heavy atom. The van der Waals surface area contributed by atoms with Crippen LogP contribution in [0.25, 0.3) is 11.1 Å². The molecule has 10 heteroatoms. The minimum atomic E-state index is -0.959. The molecule has 0 fully saturated rings. The van der Waals surface area contributed by atoms with Crippen LogP contribution in [0.15, 0.2) is 42.5 Å². The molecular formula is C29H31NO9. The second-order valence-electron chi connectivity index (χ2n) is 9.44. The molecular weight excluding hydrogens is 506 g/mol. The molecule has 0 spiro atoms. The van der Waals surface area contributed by atoms with Gasteiger partial charge in [-0.15, -0.1) is 0 Å². The Morgan fingerprint density at radius 3 is 2.28 bits per heavy atom. The summed E-state index contributed by atoms with van der Waals surface area (Å²) >= 11 is 0. The quantitative estimate of drug-likeness (QED) is 0.306. The molecule has 0 aliphatic carbocycles. The molecule has 10 nitrogen and oxygen atoms in total. The number of ether oxygens (including phenoxy) is 6. The zero-order valence-electron chi connectivity index (χ0n) is 22.7. The third-order valence-electron chi connectivity index (χ3n) is 6.23. The molecule has 2 N–H and O–H groups in total. The Labute approximate surface area is 226 Å². The summed E-state index contributed by atoms with van der Waals surface area (Å²) in [5, 5.41) is 12.6. The lowest BCUT2D eigenvalue weighted by Gasteiger charge is -2.26. The Hall–Kier alpha value is -4.44. The van der Waals surface area contributed by atoms with Gasteiger partial charge in [0.1, 0.15) is 5.75 Å². The number of aliphatic hydroxyl groups is 1. The van der Waals surface area contributed by atoms with Gasteiger partial charge in [-0.1, -0.05) is 18.2 Å². The molecule has 39 heavy (non-hydrogen) atoms. The first kappa shape index (κ1) is 27.6. The van der Waals surface area contributed by atoms with Gasteiger partial charge in [0.15, 0.2) is 23.0 Å². The SMILES string of the molecule is COc1cc(C(=O)NC(C)(C)CO)c(-c2c(C(=O)Oc3ccccc3C)ccc3c2OCO3)c(OC)c1OC. The number of methoxy groups -OCH3 is 3. The van der Waals surface area contributed by atoms with Gasteiger partial charge in [0.2, 0.25) is 12.5 Å². The van der Waals surface area contributed by atoms with Gasteiger partial charge in [-0.2, -0.15) is 0 Å². The Kier molecular flexibility index (Phi) is 7.87. The summed E-state index contributed by atoms with van der Waals surface area (Å²) in [6.07, 6.45) is 0. The first-order valence-corrected chi connectivity index (χ1v) is 12.1. The number of aliphatic hydroxyl groups excluding tert-OH is 1. The summed E-state index contributed by atoms with van der Waals surface area (Å²) in [7, 11) is 4.27. The minimum absolute atomic E-state index is 0.0832. The molecule has 3 aromatic rings. The van der Waals surface area contributed by atoms with Crippen molar-refractivity contribution in [2.24, 2.45) is 0 Å². The van der Waals surface area contributed by atoms with E-state index in [9.17, 15) is 14.7 Å². The molecule has 0 unspecified atom stereocenters. The minimum Gasteiger partial charge on any atom is -0.493 e. The zero-order valence-corrected chi connectivity index (χ0v) is 22.7. The van der Waals surface area contributed by atoms with Crippen LogP contribution in [0.4, 0.5) is 0 Å². The van der Waals surface area contributed by atoms with Gasteiger partial charge in [-0.25, -0.2) is 4.79 Å². The maximum absolute atomic E-state index is 13.7. The van der Waals surface area contributed by atoms with Crippen molar-refractivity contribution in [3.05, 3.63) is 59.2 Å². The first-order chi connectivity index (χ1) is 18.6. The molecule has 3 aromatic carbocycles. The number of carbonyl (C=O) groups is 2. The second kappa shape index (κ2) is 11.1. The van der Waals surface area contributed by atoms with Gasteiger partial charge in [-0.05, 0) is 50.6 Å². The lowest BCUT2D eigenvalue weighted by molar-refractivity contribution is 0.0733. The number of fused-ring (bicyclic) bond motifs is 1. The van der Waals surface area contributed by atoms with Crippen molar-refractivity contribution in [2.45, 2.75) is 26.3 Å². The van der Waals surface area contributed by atoms with Crippen molar-refractivity contribution in [1.82, 2.24) is 5.32 Å². The van der Waals surface area contributed by atoms with E-state index in [4.69, 9.17) is 28.4 Å². The number of para-hydroxylation sites is 1. The van der Waals surface area contributed by atoms with Crippen molar-refractivity contribution in [1.29, 1.82) is 0 Å². The van der Waals surface area contributed by atoms with E-state index in [0.29, 0.717) is 11.5 Å². The molecule has 0 bridgehead atoms. The molecule has 0 saturated heterocycles. The van der Waals surface area contributed by atoms with Crippen LogP contribution >= 0.6 is 0 Å². The zero-order chi connectivity index (χ0) is 28.3. The van der Waals surface area contributed by atoms with E-state index in [1.165, 1.54) is 27.4 Å². The fourth-order valence-electron chi connectivity index (χ4n) is 4.21. The van der Waals surface area contributed by atoms with E-state index in [0.717, 1.165) is 5.56 Å². The maximum Gasteiger partial charge on any atom is 0.344 e. The number of esters is 1. The topological polar surface area (TPSA) is 122 Å². The molecule has 1 aliphatic heterocycles. The average Bonchev–Trinajstić information content (AvgIpc) is 3.41. The first-order valence-electron chi connectivity index (χ1n) is 12.1. The van der Waals surface area contributed by atoms with Crippen molar-refractivity contribution in [2.75, 3.05) is 34.7 Å². The van der Waals surface area contributed by atoms with Crippen LogP contribution < -0.4 is 33.7 Å². The van der Waals surface area contributed by atoms with E-state index in [1.807, 2.05) is 19.1 Å². The molecule has 0 aromatic heterocycles. The second-order valence-corrected chi connectivity index (χ2v) is 9.44. The molecule has 1 aliphatic rings. The van der Waals surface area contributed by atoms with Gasteiger partial charge in [0.25, 0.3) is 5.91 Å². The molecule has 1 amide bonds. The highest BCUT2D eigenvalue weighted by molar-refractivity contribution is 6.10. The van der Waals surface area contributed by atoms with Crippen LogP contribution in [0.3, 0.4) is 0 Å². The van der Waals surface area contributed by atoms with Crippen LogP contribution in [0, 0.1) is 6.92 Å². The number of hydrogen-bond acceptors (Lipinski definition) is 9. The lowest BCUT2D eigenvalue weighted by Crippen LogP contribution is -2.46. The fourth-order valence-corrected chi connectivity index (χ4v) is 4.21. The van der Waals surface area contributed by atoms with Crippen LogP contribution in [0.5, 0.6) is 34.5 Å².